The second-order valence-corrected chi connectivity index (χ2v) is 9.57. The first kappa shape index (κ1) is 21.5. The van der Waals surface area contributed by atoms with E-state index < -0.39 is 21.8 Å². The van der Waals surface area contributed by atoms with Crippen LogP contribution in [-0.2, 0) is 16.3 Å². The molecule has 2 amide bonds. The predicted octanol–water partition coefficient (Wildman–Crippen LogP) is 3.35. The molecule has 10 heteroatoms. The molecule has 0 atom stereocenters. The SMILES string of the molecule is Cc1cnc(NC(=O)c2cccc(S(=O)(=O)c3ccc(CCNC(=O)O)cc3)c2)s1. The fourth-order valence-corrected chi connectivity index (χ4v) is 4.64. The Morgan fingerprint density at radius 2 is 1.83 bits per heavy atom. The molecule has 0 aliphatic rings. The van der Waals surface area contributed by atoms with Gasteiger partial charge in [0, 0.05) is 23.2 Å². The zero-order valence-electron chi connectivity index (χ0n) is 16.0. The molecule has 0 aliphatic heterocycles. The summed E-state index contributed by atoms with van der Waals surface area (Å²) < 4.78 is 25.9. The summed E-state index contributed by atoms with van der Waals surface area (Å²) in [5.41, 5.74) is 1.01. The Kier molecular flexibility index (Phi) is 6.48. The van der Waals surface area contributed by atoms with Crippen molar-refractivity contribution in [2.45, 2.75) is 23.1 Å². The van der Waals surface area contributed by atoms with Crippen LogP contribution in [0.4, 0.5) is 9.93 Å². The summed E-state index contributed by atoms with van der Waals surface area (Å²) in [7, 11) is -3.82. The van der Waals surface area contributed by atoms with Gasteiger partial charge in [0.05, 0.1) is 9.79 Å². The minimum absolute atomic E-state index is 0.00534. The standard InChI is InChI=1S/C20H19N3O5S2/c1-13-12-22-19(29-13)23-18(24)15-3-2-4-17(11-15)30(27,28)16-7-5-14(6-8-16)9-10-21-20(25)26/h2-8,11-12,21H,9-10H2,1H3,(H,25,26)(H,22,23,24). The van der Waals surface area contributed by atoms with Gasteiger partial charge in [0.1, 0.15) is 0 Å². The lowest BCUT2D eigenvalue weighted by atomic mass is 10.1. The van der Waals surface area contributed by atoms with E-state index in [4.69, 9.17) is 5.11 Å². The van der Waals surface area contributed by atoms with Crippen molar-refractivity contribution in [1.29, 1.82) is 0 Å². The summed E-state index contributed by atoms with van der Waals surface area (Å²) in [6.07, 6.45) is 0.976. The van der Waals surface area contributed by atoms with Crippen LogP contribution >= 0.6 is 11.3 Å². The van der Waals surface area contributed by atoms with Crippen LogP contribution in [0.15, 0.2) is 64.5 Å². The number of aryl methyl sites for hydroxylation is 1. The predicted molar refractivity (Wildman–Crippen MR) is 113 cm³/mol. The zero-order chi connectivity index (χ0) is 21.7. The molecule has 0 bridgehead atoms. The average Bonchev–Trinajstić information content (AvgIpc) is 3.13. The van der Waals surface area contributed by atoms with Gasteiger partial charge in [-0.15, -0.1) is 11.3 Å². The van der Waals surface area contributed by atoms with E-state index in [9.17, 15) is 18.0 Å². The number of anilines is 1. The van der Waals surface area contributed by atoms with Gasteiger partial charge in [-0.3, -0.25) is 10.1 Å². The fourth-order valence-electron chi connectivity index (χ4n) is 2.67. The number of sulfone groups is 1. The molecule has 156 valence electrons. The summed E-state index contributed by atoms with van der Waals surface area (Å²) in [6.45, 7) is 2.10. The van der Waals surface area contributed by atoms with Gasteiger partial charge >= 0.3 is 6.09 Å². The molecule has 1 aromatic heterocycles. The molecule has 3 rings (SSSR count). The molecular formula is C20H19N3O5S2. The second-order valence-electron chi connectivity index (χ2n) is 6.39. The van der Waals surface area contributed by atoms with E-state index in [0.717, 1.165) is 10.4 Å². The van der Waals surface area contributed by atoms with Crippen molar-refractivity contribution in [1.82, 2.24) is 10.3 Å². The maximum atomic E-state index is 13.0. The van der Waals surface area contributed by atoms with Crippen molar-refractivity contribution >= 4 is 38.3 Å². The van der Waals surface area contributed by atoms with Crippen LogP contribution in [0, 0.1) is 6.92 Å². The summed E-state index contributed by atoms with van der Waals surface area (Å²) in [6, 6.07) is 12.0. The van der Waals surface area contributed by atoms with Crippen LogP contribution < -0.4 is 10.6 Å². The Morgan fingerprint density at radius 1 is 1.10 bits per heavy atom. The van der Waals surface area contributed by atoms with E-state index >= 15 is 0 Å². The second kappa shape index (κ2) is 9.06. The summed E-state index contributed by atoms with van der Waals surface area (Å²) in [5, 5.41) is 14.0. The van der Waals surface area contributed by atoms with Gasteiger partial charge in [0.15, 0.2) is 5.13 Å². The summed E-state index contributed by atoms with van der Waals surface area (Å²) in [5.74, 6) is -0.442. The third-order valence-electron chi connectivity index (χ3n) is 4.17. The lowest BCUT2D eigenvalue weighted by molar-refractivity contribution is 0.102. The van der Waals surface area contributed by atoms with E-state index in [-0.39, 0.29) is 21.9 Å². The third kappa shape index (κ3) is 5.22. The van der Waals surface area contributed by atoms with Gasteiger partial charge in [-0.1, -0.05) is 18.2 Å². The first-order valence-corrected chi connectivity index (χ1v) is 11.2. The molecule has 8 nitrogen and oxygen atoms in total. The Morgan fingerprint density at radius 3 is 2.47 bits per heavy atom. The number of hydrogen-bond acceptors (Lipinski definition) is 6. The smallest absolute Gasteiger partial charge is 0.404 e. The lowest BCUT2D eigenvalue weighted by Crippen LogP contribution is -2.23. The largest absolute Gasteiger partial charge is 0.465 e. The number of carbonyl (C=O) groups excluding carboxylic acids is 1. The van der Waals surface area contributed by atoms with Crippen molar-refractivity contribution in [3.05, 3.63) is 70.7 Å². The molecule has 0 saturated heterocycles. The number of amides is 2. The molecule has 0 unspecified atom stereocenters. The molecule has 3 aromatic rings. The summed E-state index contributed by atoms with van der Waals surface area (Å²) >= 11 is 1.33. The minimum atomic E-state index is -3.82. The number of nitrogens with zero attached hydrogens (tertiary/aromatic N) is 1. The molecular weight excluding hydrogens is 426 g/mol. The van der Waals surface area contributed by atoms with Crippen LogP contribution in [0.2, 0.25) is 0 Å². The molecule has 2 aromatic carbocycles. The molecule has 0 spiro atoms. The number of thiazole rings is 1. The highest BCUT2D eigenvalue weighted by Gasteiger charge is 2.19. The molecule has 3 N–H and O–H groups in total. The van der Waals surface area contributed by atoms with Crippen molar-refractivity contribution in [3.63, 3.8) is 0 Å². The molecule has 0 radical (unpaired) electrons. The van der Waals surface area contributed by atoms with Crippen molar-refractivity contribution in [2.75, 3.05) is 11.9 Å². The van der Waals surface area contributed by atoms with Gasteiger partial charge in [-0.2, -0.15) is 0 Å². The zero-order valence-corrected chi connectivity index (χ0v) is 17.6. The van der Waals surface area contributed by atoms with Gasteiger partial charge in [0.25, 0.3) is 5.91 Å². The quantitative estimate of drug-likeness (QED) is 0.512. The van der Waals surface area contributed by atoms with Crippen molar-refractivity contribution < 1.29 is 23.1 Å². The van der Waals surface area contributed by atoms with Gasteiger partial charge in [-0.05, 0) is 49.2 Å². The van der Waals surface area contributed by atoms with Crippen molar-refractivity contribution in [2.24, 2.45) is 0 Å². The molecule has 0 fully saturated rings. The lowest BCUT2D eigenvalue weighted by Gasteiger charge is -2.08. The summed E-state index contributed by atoms with van der Waals surface area (Å²) in [4.78, 5) is 28.0. The van der Waals surface area contributed by atoms with Gasteiger partial charge < -0.3 is 10.4 Å². The van der Waals surface area contributed by atoms with E-state index in [1.165, 1.54) is 47.7 Å². The highest BCUT2D eigenvalue weighted by Crippen LogP contribution is 2.23. The third-order valence-corrected chi connectivity index (χ3v) is 6.77. The number of aromatic nitrogens is 1. The Hall–Kier alpha value is -3.24. The monoisotopic (exact) mass is 445 g/mol. The Bertz CT molecular complexity index is 1170. The normalized spacial score (nSPS) is 11.1. The number of nitrogens with one attached hydrogen (secondary N) is 2. The average molecular weight is 446 g/mol. The van der Waals surface area contributed by atoms with Crippen LogP contribution in [-0.4, -0.2) is 37.1 Å². The Balaban J connectivity index is 1.76. The first-order valence-electron chi connectivity index (χ1n) is 8.90. The number of carbonyl (C=O) groups is 2. The maximum absolute atomic E-state index is 13.0. The molecule has 0 aliphatic carbocycles. The Labute approximate surface area is 177 Å². The number of rotatable bonds is 7. The molecule has 30 heavy (non-hydrogen) atoms. The van der Waals surface area contributed by atoms with E-state index in [1.807, 2.05) is 6.92 Å². The topological polar surface area (TPSA) is 125 Å². The van der Waals surface area contributed by atoms with Crippen LogP contribution in [0.1, 0.15) is 20.8 Å². The number of benzene rings is 2. The van der Waals surface area contributed by atoms with E-state index in [0.29, 0.717) is 11.6 Å². The van der Waals surface area contributed by atoms with Crippen LogP contribution in [0.5, 0.6) is 0 Å². The highest BCUT2D eigenvalue weighted by molar-refractivity contribution is 7.91. The van der Waals surface area contributed by atoms with Crippen molar-refractivity contribution in [3.8, 4) is 0 Å². The van der Waals surface area contributed by atoms with Gasteiger partial charge in [0.2, 0.25) is 9.84 Å². The van der Waals surface area contributed by atoms with Gasteiger partial charge in [-0.25, -0.2) is 18.2 Å². The molecule has 1 heterocycles. The van der Waals surface area contributed by atoms with Crippen LogP contribution in [0.3, 0.4) is 0 Å². The highest BCUT2D eigenvalue weighted by atomic mass is 32.2. The number of hydrogen-bond donors (Lipinski definition) is 3. The number of carboxylic acid groups (broad SMARTS) is 1. The molecule has 0 saturated carbocycles. The maximum Gasteiger partial charge on any atom is 0.404 e. The fraction of sp³-hybridized carbons (Fsp3) is 0.150. The first-order chi connectivity index (χ1) is 14.3. The van der Waals surface area contributed by atoms with Crippen LogP contribution in [0.25, 0.3) is 0 Å². The minimum Gasteiger partial charge on any atom is -0.465 e. The van der Waals surface area contributed by atoms with E-state index in [1.54, 1.807) is 18.3 Å². The van der Waals surface area contributed by atoms with E-state index in [2.05, 4.69) is 15.6 Å².